The second-order valence-corrected chi connectivity index (χ2v) is 9.78. The fourth-order valence-electron chi connectivity index (χ4n) is 3.43. The van der Waals surface area contributed by atoms with Gasteiger partial charge >= 0.3 is 0 Å². The lowest BCUT2D eigenvalue weighted by Gasteiger charge is -2.16. The number of halogens is 1. The summed E-state index contributed by atoms with van der Waals surface area (Å²) in [6, 6.07) is 13.8. The highest BCUT2D eigenvalue weighted by Crippen LogP contribution is 2.31. The first-order chi connectivity index (χ1) is 16.2. The van der Waals surface area contributed by atoms with Gasteiger partial charge in [-0.1, -0.05) is 43.6 Å². The van der Waals surface area contributed by atoms with Crippen molar-refractivity contribution in [2.45, 2.75) is 33.6 Å². The van der Waals surface area contributed by atoms with Crippen LogP contribution in [-0.2, 0) is 9.59 Å². The molecule has 7 nitrogen and oxygen atoms in total. The number of rotatable bonds is 6. The molecule has 2 aromatic carbocycles. The summed E-state index contributed by atoms with van der Waals surface area (Å²) < 4.78 is 0. The first-order valence-corrected chi connectivity index (χ1v) is 11.9. The summed E-state index contributed by atoms with van der Waals surface area (Å²) in [6.07, 6.45) is 0. The monoisotopic (exact) mass is 494 g/mol. The third-order valence-corrected chi connectivity index (χ3v) is 6.83. The van der Waals surface area contributed by atoms with Gasteiger partial charge in [-0.15, -0.1) is 11.3 Å². The van der Waals surface area contributed by atoms with E-state index in [1.54, 1.807) is 36.4 Å². The first kappa shape index (κ1) is 23.7. The molecule has 0 saturated heterocycles. The maximum atomic E-state index is 13.1. The van der Waals surface area contributed by atoms with Crippen LogP contribution in [0.2, 0.25) is 0 Å². The number of carbonyl (C=O) groups excluding carboxylic acids is 3. The molecule has 174 valence electrons. The Labute approximate surface area is 206 Å². The van der Waals surface area contributed by atoms with Gasteiger partial charge in [-0.3, -0.25) is 19.7 Å². The van der Waals surface area contributed by atoms with Gasteiger partial charge in [0.15, 0.2) is 5.13 Å². The van der Waals surface area contributed by atoms with Crippen molar-refractivity contribution in [3.63, 3.8) is 0 Å². The molecule has 0 saturated carbocycles. The molecule has 0 unspecified atom stereocenters. The number of aryl methyl sites for hydroxylation is 2. The number of nitrogens with one attached hydrogen (secondary N) is 2. The largest absolute Gasteiger partial charge is 0.350 e. The normalized spacial score (nSPS) is 13.8. The van der Waals surface area contributed by atoms with E-state index in [4.69, 9.17) is 11.6 Å². The number of benzene rings is 2. The molecule has 2 heterocycles. The number of nitrogens with zero attached hydrogens (tertiary/aromatic N) is 2. The molecule has 0 aliphatic carbocycles. The molecule has 2 N–H and O–H groups in total. The summed E-state index contributed by atoms with van der Waals surface area (Å²) in [7, 11) is 0. The topological polar surface area (TPSA) is 91.4 Å². The Morgan fingerprint density at radius 2 is 1.76 bits per heavy atom. The number of imide groups is 1. The lowest BCUT2D eigenvalue weighted by atomic mass is 10.0. The lowest BCUT2D eigenvalue weighted by Crippen LogP contribution is -2.32. The van der Waals surface area contributed by atoms with Crippen LogP contribution in [-0.4, -0.2) is 22.7 Å². The number of carbonyl (C=O) groups is 3. The van der Waals surface area contributed by atoms with Crippen LogP contribution >= 0.6 is 22.9 Å². The van der Waals surface area contributed by atoms with Crippen molar-refractivity contribution < 1.29 is 14.4 Å². The van der Waals surface area contributed by atoms with Crippen LogP contribution in [0.1, 0.15) is 46.3 Å². The fourth-order valence-corrected chi connectivity index (χ4v) is 4.45. The summed E-state index contributed by atoms with van der Waals surface area (Å²) in [4.78, 5) is 44.9. The van der Waals surface area contributed by atoms with Gasteiger partial charge in [-0.2, -0.15) is 0 Å². The van der Waals surface area contributed by atoms with Crippen LogP contribution in [0.3, 0.4) is 0 Å². The molecule has 3 amide bonds. The molecule has 9 heteroatoms. The second-order valence-electron chi connectivity index (χ2n) is 8.20. The van der Waals surface area contributed by atoms with Crippen molar-refractivity contribution in [3.8, 4) is 0 Å². The molecule has 0 radical (unpaired) electrons. The number of hydrogen-bond donors (Lipinski definition) is 2. The molecule has 1 aliphatic heterocycles. The van der Waals surface area contributed by atoms with E-state index in [-0.39, 0.29) is 16.6 Å². The summed E-state index contributed by atoms with van der Waals surface area (Å²) >= 11 is 7.64. The van der Waals surface area contributed by atoms with Crippen molar-refractivity contribution in [1.82, 2.24) is 4.98 Å². The maximum Gasteiger partial charge on any atom is 0.283 e. The van der Waals surface area contributed by atoms with E-state index in [2.05, 4.69) is 29.5 Å². The van der Waals surface area contributed by atoms with Crippen molar-refractivity contribution in [1.29, 1.82) is 0 Å². The maximum absolute atomic E-state index is 13.1. The summed E-state index contributed by atoms with van der Waals surface area (Å²) in [6.45, 7) is 7.95. The summed E-state index contributed by atoms with van der Waals surface area (Å²) in [5, 5.41) is 6.00. The summed E-state index contributed by atoms with van der Waals surface area (Å²) in [5.41, 5.74) is 3.18. The van der Waals surface area contributed by atoms with Gasteiger partial charge in [-0.25, -0.2) is 9.88 Å². The van der Waals surface area contributed by atoms with E-state index >= 15 is 0 Å². The Bertz CT molecular complexity index is 1310. The van der Waals surface area contributed by atoms with Crippen LogP contribution in [0, 0.1) is 13.8 Å². The molecule has 0 bridgehead atoms. The van der Waals surface area contributed by atoms with Gasteiger partial charge < -0.3 is 5.32 Å². The minimum absolute atomic E-state index is 0.0386. The highest BCUT2D eigenvalue weighted by molar-refractivity contribution is 7.15. The molecule has 1 aromatic heterocycles. The van der Waals surface area contributed by atoms with Crippen molar-refractivity contribution >= 4 is 57.2 Å². The zero-order valence-electron chi connectivity index (χ0n) is 19.1. The Morgan fingerprint density at radius 1 is 1.06 bits per heavy atom. The number of hydrogen-bond acceptors (Lipinski definition) is 6. The van der Waals surface area contributed by atoms with Crippen LogP contribution in [0.25, 0.3) is 0 Å². The van der Waals surface area contributed by atoms with E-state index < -0.39 is 11.8 Å². The zero-order valence-corrected chi connectivity index (χ0v) is 20.7. The Balaban J connectivity index is 1.52. The quantitative estimate of drug-likeness (QED) is 0.437. The molecule has 1 aliphatic rings. The number of amides is 3. The van der Waals surface area contributed by atoms with Gasteiger partial charge in [0.05, 0.1) is 11.4 Å². The number of anilines is 3. The first-order valence-electron chi connectivity index (χ1n) is 10.7. The van der Waals surface area contributed by atoms with Crippen molar-refractivity contribution in [2.24, 2.45) is 0 Å². The fraction of sp³-hybridized carbons (Fsp3) is 0.200. The zero-order chi connectivity index (χ0) is 24.6. The van der Waals surface area contributed by atoms with Crippen LogP contribution < -0.4 is 15.5 Å². The van der Waals surface area contributed by atoms with Gasteiger partial charge in [0.1, 0.15) is 10.7 Å². The average Bonchev–Trinajstić information content (AvgIpc) is 3.23. The van der Waals surface area contributed by atoms with Gasteiger partial charge in [0.2, 0.25) is 0 Å². The lowest BCUT2D eigenvalue weighted by molar-refractivity contribution is -0.120. The number of aromatic nitrogens is 1. The minimum atomic E-state index is -0.602. The number of thiazole rings is 1. The van der Waals surface area contributed by atoms with E-state index in [0.29, 0.717) is 28.0 Å². The van der Waals surface area contributed by atoms with Gasteiger partial charge in [-0.05, 0) is 55.7 Å². The average molecular weight is 495 g/mol. The predicted octanol–water partition coefficient (Wildman–Crippen LogP) is 5.57. The molecule has 0 fully saturated rings. The van der Waals surface area contributed by atoms with Crippen LogP contribution in [0.4, 0.5) is 16.5 Å². The highest BCUT2D eigenvalue weighted by atomic mass is 35.5. The Morgan fingerprint density at radius 3 is 2.38 bits per heavy atom. The van der Waals surface area contributed by atoms with E-state index in [9.17, 15) is 14.4 Å². The van der Waals surface area contributed by atoms with Crippen molar-refractivity contribution in [2.75, 3.05) is 15.5 Å². The van der Waals surface area contributed by atoms with Gasteiger partial charge in [0.25, 0.3) is 17.7 Å². The highest BCUT2D eigenvalue weighted by Gasteiger charge is 2.39. The molecule has 3 aromatic rings. The SMILES string of the molecule is Cc1nc(NC(=O)c2cccc(NC3=C(Cl)C(=O)N(c4ccc(C(C)C)cc4)C3=O)c2)sc1C. The van der Waals surface area contributed by atoms with Crippen molar-refractivity contribution in [3.05, 3.63) is 81.0 Å². The standard InChI is InChI=1S/C25H23ClN4O3S/c1-13(2)16-8-10-19(11-9-16)30-23(32)20(26)21(24(30)33)28-18-7-5-6-17(12-18)22(31)29-25-27-14(3)15(4)34-25/h5-13,28H,1-4H3,(H,27,29,31). The van der Waals surface area contributed by atoms with E-state index in [0.717, 1.165) is 21.0 Å². The Kier molecular flexibility index (Phi) is 6.54. The molecule has 34 heavy (non-hydrogen) atoms. The third kappa shape index (κ3) is 4.60. The smallest absolute Gasteiger partial charge is 0.283 e. The van der Waals surface area contributed by atoms with E-state index in [1.165, 1.54) is 11.3 Å². The predicted molar refractivity (Wildman–Crippen MR) is 136 cm³/mol. The molecular weight excluding hydrogens is 472 g/mol. The van der Waals surface area contributed by atoms with Gasteiger partial charge in [0, 0.05) is 16.1 Å². The molecular formula is C25H23ClN4O3S. The molecule has 4 rings (SSSR count). The molecule has 0 atom stereocenters. The Hall–Kier alpha value is -3.49. The van der Waals surface area contributed by atoms with E-state index in [1.807, 2.05) is 26.0 Å². The molecule has 0 spiro atoms. The van der Waals surface area contributed by atoms with Crippen LogP contribution in [0.15, 0.2) is 59.3 Å². The summed E-state index contributed by atoms with van der Waals surface area (Å²) in [5.74, 6) is -1.17. The van der Waals surface area contributed by atoms with Crippen LogP contribution in [0.5, 0.6) is 0 Å². The third-order valence-electron chi connectivity index (χ3n) is 5.49. The minimum Gasteiger partial charge on any atom is -0.350 e. The second kappa shape index (κ2) is 9.40.